The molecular formula is C14H16NO2S+. The average Bonchev–Trinajstić information content (AvgIpc) is 2.31. The maximum absolute atomic E-state index is 11.2. The molecule has 1 aromatic carbocycles. The summed E-state index contributed by atoms with van der Waals surface area (Å²) in [5, 5.41) is 0. The minimum atomic E-state index is -2.96. The summed E-state index contributed by atoms with van der Waals surface area (Å²) in [4.78, 5) is 0. The molecule has 0 saturated carbocycles. The lowest BCUT2D eigenvalue weighted by atomic mass is 10.2. The molecule has 0 spiro atoms. The maximum atomic E-state index is 11.2. The van der Waals surface area contributed by atoms with E-state index in [1.54, 1.807) is 0 Å². The van der Waals surface area contributed by atoms with Crippen LogP contribution < -0.4 is 4.57 Å². The number of rotatable bonds is 4. The summed E-state index contributed by atoms with van der Waals surface area (Å²) >= 11 is 0. The van der Waals surface area contributed by atoms with E-state index < -0.39 is 9.84 Å². The average molecular weight is 262 g/mol. The van der Waals surface area contributed by atoms with E-state index in [1.807, 2.05) is 47.3 Å². The van der Waals surface area contributed by atoms with E-state index in [9.17, 15) is 8.42 Å². The van der Waals surface area contributed by atoms with Crippen LogP contribution in [-0.4, -0.2) is 14.7 Å². The van der Waals surface area contributed by atoms with Crippen molar-refractivity contribution in [2.24, 2.45) is 0 Å². The number of pyridine rings is 1. The Morgan fingerprint density at radius 2 is 1.56 bits per heavy atom. The fourth-order valence-electron chi connectivity index (χ4n) is 1.79. The molecule has 0 aliphatic heterocycles. The molecule has 0 N–H and O–H groups in total. The van der Waals surface area contributed by atoms with Crippen LogP contribution in [0.15, 0.2) is 54.9 Å². The minimum Gasteiger partial charge on any atom is -0.229 e. The minimum absolute atomic E-state index is 0.0964. The van der Waals surface area contributed by atoms with Crippen LogP contribution in [0.2, 0.25) is 0 Å². The first kappa shape index (κ1) is 12.8. The molecule has 0 amide bonds. The second-order valence-electron chi connectivity index (χ2n) is 4.43. The highest BCUT2D eigenvalue weighted by atomic mass is 32.2. The molecule has 0 aliphatic carbocycles. The van der Waals surface area contributed by atoms with Gasteiger partial charge in [0.25, 0.3) is 0 Å². The van der Waals surface area contributed by atoms with Gasteiger partial charge in [0.05, 0.1) is 5.75 Å². The number of sulfone groups is 1. The van der Waals surface area contributed by atoms with Crippen molar-refractivity contribution in [1.29, 1.82) is 0 Å². The SMILES string of the molecule is CS(=O)(=O)Cc1cc[n+](Cc2ccccc2)cc1. The fourth-order valence-corrected chi connectivity index (χ4v) is 2.58. The molecule has 0 radical (unpaired) electrons. The Kier molecular flexibility index (Phi) is 3.77. The third-order valence-corrected chi connectivity index (χ3v) is 3.45. The first-order valence-corrected chi connectivity index (χ1v) is 7.79. The molecule has 0 bridgehead atoms. The van der Waals surface area contributed by atoms with Crippen molar-refractivity contribution in [3.8, 4) is 0 Å². The van der Waals surface area contributed by atoms with Crippen LogP contribution in [0.1, 0.15) is 11.1 Å². The van der Waals surface area contributed by atoms with Crippen LogP contribution in [0.5, 0.6) is 0 Å². The lowest BCUT2D eigenvalue weighted by Crippen LogP contribution is -2.33. The summed E-state index contributed by atoms with van der Waals surface area (Å²) < 4.78 is 24.4. The van der Waals surface area contributed by atoms with Crippen LogP contribution in [-0.2, 0) is 22.1 Å². The van der Waals surface area contributed by atoms with Gasteiger partial charge in [-0.15, -0.1) is 0 Å². The summed E-state index contributed by atoms with van der Waals surface area (Å²) in [7, 11) is -2.96. The van der Waals surface area contributed by atoms with Crippen LogP contribution in [0.25, 0.3) is 0 Å². The Hall–Kier alpha value is -1.68. The molecule has 0 aliphatic rings. The summed E-state index contributed by atoms with van der Waals surface area (Å²) in [6.07, 6.45) is 5.07. The van der Waals surface area contributed by atoms with E-state index in [0.29, 0.717) is 0 Å². The second-order valence-corrected chi connectivity index (χ2v) is 6.57. The third-order valence-electron chi connectivity index (χ3n) is 2.60. The van der Waals surface area contributed by atoms with Gasteiger partial charge in [-0.2, -0.15) is 0 Å². The molecule has 1 aromatic heterocycles. The lowest BCUT2D eigenvalue weighted by molar-refractivity contribution is -0.688. The predicted molar refractivity (Wildman–Crippen MR) is 70.7 cm³/mol. The van der Waals surface area contributed by atoms with Crippen LogP contribution in [0, 0.1) is 0 Å². The smallest absolute Gasteiger partial charge is 0.173 e. The van der Waals surface area contributed by atoms with Crippen molar-refractivity contribution in [2.75, 3.05) is 6.26 Å². The fraction of sp³-hybridized carbons (Fsp3) is 0.214. The van der Waals surface area contributed by atoms with Gasteiger partial charge >= 0.3 is 0 Å². The second kappa shape index (κ2) is 5.31. The Morgan fingerprint density at radius 3 is 2.11 bits per heavy atom. The molecule has 0 saturated heterocycles. The predicted octanol–water partition coefficient (Wildman–Crippen LogP) is 1.57. The molecule has 0 atom stereocenters. The van der Waals surface area contributed by atoms with Gasteiger partial charge in [-0.3, -0.25) is 0 Å². The van der Waals surface area contributed by atoms with Crippen LogP contribution >= 0.6 is 0 Å². The largest absolute Gasteiger partial charge is 0.229 e. The Bertz CT molecular complexity index is 604. The van der Waals surface area contributed by atoms with E-state index in [2.05, 4.69) is 12.1 Å². The number of nitrogens with zero attached hydrogens (tertiary/aromatic N) is 1. The van der Waals surface area contributed by atoms with Gasteiger partial charge in [0, 0.05) is 24.0 Å². The molecule has 94 valence electrons. The van der Waals surface area contributed by atoms with Gasteiger partial charge < -0.3 is 0 Å². The van der Waals surface area contributed by atoms with Gasteiger partial charge in [-0.1, -0.05) is 30.3 Å². The summed E-state index contributed by atoms with van der Waals surface area (Å²) in [6.45, 7) is 0.792. The summed E-state index contributed by atoms with van der Waals surface area (Å²) in [5.74, 6) is 0.0964. The van der Waals surface area contributed by atoms with Crippen molar-refractivity contribution >= 4 is 9.84 Å². The Morgan fingerprint density at radius 1 is 0.944 bits per heavy atom. The van der Waals surface area contributed by atoms with Crippen LogP contribution in [0.3, 0.4) is 0 Å². The zero-order chi connectivity index (χ0) is 13.0. The zero-order valence-electron chi connectivity index (χ0n) is 10.3. The molecule has 2 aromatic rings. The maximum Gasteiger partial charge on any atom is 0.173 e. The number of hydrogen-bond acceptors (Lipinski definition) is 2. The van der Waals surface area contributed by atoms with E-state index in [-0.39, 0.29) is 5.75 Å². The van der Waals surface area contributed by atoms with Crippen molar-refractivity contribution in [3.05, 3.63) is 66.0 Å². The topological polar surface area (TPSA) is 38.0 Å². The first-order valence-electron chi connectivity index (χ1n) is 5.72. The summed E-state index contributed by atoms with van der Waals surface area (Å²) in [5.41, 5.74) is 2.04. The van der Waals surface area contributed by atoms with Gasteiger partial charge in [0.15, 0.2) is 28.8 Å². The Balaban J connectivity index is 2.09. The highest BCUT2D eigenvalue weighted by Crippen LogP contribution is 2.02. The lowest BCUT2D eigenvalue weighted by Gasteiger charge is -2.00. The highest BCUT2D eigenvalue weighted by molar-refractivity contribution is 7.89. The molecular weight excluding hydrogens is 246 g/mol. The van der Waals surface area contributed by atoms with E-state index in [0.717, 1.165) is 12.1 Å². The monoisotopic (exact) mass is 262 g/mol. The molecule has 2 rings (SSSR count). The number of aromatic nitrogens is 1. The van der Waals surface area contributed by atoms with Crippen LogP contribution in [0.4, 0.5) is 0 Å². The van der Waals surface area contributed by atoms with Gasteiger partial charge in [-0.25, -0.2) is 13.0 Å². The summed E-state index contributed by atoms with van der Waals surface area (Å²) in [6, 6.07) is 13.8. The third kappa shape index (κ3) is 3.96. The standard InChI is InChI=1S/C14H16NO2S/c1-18(16,17)12-14-7-9-15(10-8-14)11-13-5-3-2-4-6-13/h2-10H,11-12H2,1H3/q+1. The first-order chi connectivity index (χ1) is 8.53. The molecule has 18 heavy (non-hydrogen) atoms. The molecule has 1 heterocycles. The highest BCUT2D eigenvalue weighted by Gasteiger charge is 2.07. The number of benzene rings is 1. The van der Waals surface area contributed by atoms with Gasteiger partial charge in [0.1, 0.15) is 0 Å². The number of hydrogen-bond donors (Lipinski definition) is 0. The van der Waals surface area contributed by atoms with Crippen molar-refractivity contribution in [3.63, 3.8) is 0 Å². The van der Waals surface area contributed by atoms with Crippen molar-refractivity contribution in [1.82, 2.24) is 0 Å². The van der Waals surface area contributed by atoms with Crippen molar-refractivity contribution in [2.45, 2.75) is 12.3 Å². The van der Waals surface area contributed by atoms with Crippen molar-refractivity contribution < 1.29 is 13.0 Å². The van der Waals surface area contributed by atoms with Gasteiger partial charge in [0.2, 0.25) is 0 Å². The van der Waals surface area contributed by atoms with E-state index in [4.69, 9.17) is 0 Å². The molecule has 3 nitrogen and oxygen atoms in total. The Labute approximate surface area is 108 Å². The van der Waals surface area contributed by atoms with E-state index in [1.165, 1.54) is 11.8 Å². The quantitative estimate of drug-likeness (QED) is 0.784. The van der Waals surface area contributed by atoms with E-state index >= 15 is 0 Å². The normalized spacial score (nSPS) is 11.4. The molecule has 4 heteroatoms. The molecule has 0 fully saturated rings. The molecule has 0 unspecified atom stereocenters. The van der Waals surface area contributed by atoms with Gasteiger partial charge in [-0.05, 0) is 5.56 Å². The zero-order valence-corrected chi connectivity index (χ0v) is 11.1.